The molecule has 0 saturated heterocycles. The number of nitrogens with one attached hydrogen (secondary N) is 1. The van der Waals surface area contributed by atoms with Crippen molar-refractivity contribution in [1.29, 1.82) is 0 Å². The fraction of sp³-hybridized carbons (Fsp3) is 0.136. The van der Waals surface area contributed by atoms with E-state index < -0.39 is 17.8 Å². The van der Waals surface area contributed by atoms with Gasteiger partial charge in [0.2, 0.25) is 0 Å². The van der Waals surface area contributed by atoms with Crippen molar-refractivity contribution in [2.75, 3.05) is 5.32 Å². The summed E-state index contributed by atoms with van der Waals surface area (Å²) < 4.78 is 48.9. The van der Waals surface area contributed by atoms with Crippen LogP contribution in [0.3, 0.4) is 0 Å². The number of anilines is 1. The molecule has 8 heteroatoms. The van der Waals surface area contributed by atoms with Gasteiger partial charge in [-0.25, -0.2) is 0 Å². The molecule has 0 aliphatic heterocycles. The molecule has 4 nitrogen and oxygen atoms in total. The molecule has 0 aromatic heterocycles. The number of rotatable bonds is 6. The summed E-state index contributed by atoms with van der Waals surface area (Å²) in [5, 5.41) is 3.29. The average Bonchev–Trinajstić information content (AvgIpc) is 2.71. The Labute approximate surface area is 176 Å². The predicted octanol–water partition coefficient (Wildman–Crippen LogP) is 6.56. The predicted molar refractivity (Wildman–Crippen MR) is 108 cm³/mol. The lowest BCUT2D eigenvalue weighted by Gasteiger charge is -2.15. The molecule has 30 heavy (non-hydrogen) atoms. The molecule has 0 spiro atoms. The summed E-state index contributed by atoms with van der Waals surface area (Å²) in [5.74, 6) is 0.795. The third-order valence-electron chi connectivity index (χ3n) is 4.03. The van der Waals surface area contributed by atoms with E-state index >= 15 is 0 Å². The number of alkyl halides is 3. The molecule has 1 atom stereocenters. The minimum Gasteiger partial charge on any atom is -0.481 e. The highest BCUT2D eigenvalue weighted by Gasteiger charge is 2.30. The van der Waals surface area contributed by atoms with Gasteiger partial charge in [-0.3, -0.25) is 4.79 Å². The lowest BCUT2D eigenvalue weighted by Crippen LogP contribution is -2.30. The number of ether oxygens (including phenoxy) is 2. The van der Waals surface area contributed by atoms with Crippen LogP contribution in [-0.4, -0.2) is 12.0 Å². The van der Waals surface area contributed by atoms with Crippen molar-refractivity contribution in [3.8, 4) is 17.2 Å². The smallest absolute Gasteiger partial charge is 0.416 e. The van der Waals surface area contributed by atoms with Gasteiger partial charge in [0.05, 0.1) is 5.56 Å². The summed E-state index contributed by atoms with van der Waals surface area (Å²) in [6.07, 6.45) is -5.16. The van der Waals surface area contributed by atoms with Crippen molar-refractivity contribution in [2.24, 2.45) is 0 Å². The molecule has 0 saturated carbocycles. The number of amides is 1. The molecule has 0 heterocycles. The first kappa shape index (κ1) is 21.5. The van der Waals surface area contributed by atoms with Crippen LogP contribution in [0.1, 0.15) is 12.5 Å². The van der Waals surface area contributed by atoms with Crippen molar-refractivity contribution in [2.45, 2.75) is 19.2 Å². The molecule has 156 valence electrons. The second kappa shape index (κ2) is 9.09. The molecule has 0 bridgehead atoms. The van der Waals surface area contributed by atoms with Crippen LogP contribution in [0.15, 0.2) is 72.8 Å². The molecule has 0 fully saturated rings. The summed E-state index contributed by atoms with van der Waals surface area (Å²) >= 11 is 5.81. The SMILES string of the molecule is C[C@@H](Oc1ccc(Oc2ccc(C(F)(F)F)cc2)cc1)C(=O)Nc1ccc(Cl)cc1. The van der Waals surface area contributed by atoms with Crippen molar-refractivity contribution >= 4 is 23.2 Å². The van der Waals surface area contributed by atoms with Crippen LogP contribution < -0.4 is 14.8 Å². The van der Waals surface area contributed by atoms with E-state index in [0.717, 1.165) is 12.1 Å². The topological polar surface area (TPSA) is 47.6 Å². The van der Waals surface area contributed by atoms with Crippen molar-refractivity contribution in [3.63, 3.8) is 0 Å². The summed E-state index contributed by atoms with van der Waals surface area (Å²) in [4.78, 5) is 12.2. The summed E-state index contributed by atoms with van der Waals surface area (Å²) in [6, 6.07) is 17.5. The van der Waals surface area contributed by atoms with Crippen LogP contribution in [0, 0.1) is 0 Å². The van der Waals surface area contributed by atoms with E-state index in [2.05, 4.69) is 5.32 Å². The van der Waals surface area contributed by atoms with Gasteiger partial charge in [0.1, 0.15) is 17.2 Å². The number of hydrogen-bond acceptors (Lipinski definition) is 3. The van der Waals surface area contributed by atoms with Crippen LogP contribution in [0.25, 0.3) is 0 Å². The van der Waals surface area contributed by atoms with E-state index in [-0.39, 0.29) is 11.7 Å². The number of carbonyl (C=O) groups is 1. The number of halogens is 4. The van der Waals surface area contributed by atoms with Crippen molar-refractivity contribution in [3.05, 3.63) is 83.4 Å². The number of carbonyl (C=O) groups excluding carboxylic acids is 1. The Kier molecular flexibility index (Phi) is 6.52. The van der Waals surface area contributed by atoms with Gasteiger partial charge in [0.25, 0.3) is 5.91 Å². The largest absolute Gasteiger partial charge is 0.481 e. The number of benzene rings is 3. The molecule has 0 radical (unpaired) electrons. The molecule has 1 N–H and O–H groups in total. The Balaban J connectivity index is 1.56. The van der Waals surface area contributed by atoms with Gasteiger partial charge >= 0.3 is 6.18 Å². The van der Waals surface area contributed by atoms with E-state index in [1.54, 1.807) is 55.5 Å². The Morgan fingerprint density at radius 2 is 1.37 bits per heavy atom. The summed E-state index contributed by atoms with van der Waals surface area (Å²) in [6.45, 7) is 1.61. The van der Waals surface area contributed by atoms with Crippen molar-refractivity contribution < 1.29 is 27.4 Å². The molecule has 3 aromatic carbocycles. The fourth-order valence-electron chi connectivity index (χ4n) is 2.47. The van der Waals surface area contributed by atoms with E-state index in [9.17, 15) is 18.0 Å². The highest BCUT2D eigenvalue weighted by atomic mass is 35.5. The average molecular weight is 436 g/mol. The molecular weight excluding hydrogens is 419 g/mol. The van der Waals surface area contributed by atoms with Crippen LogP contribution in [-0.2, 0) is 11.0 Å². The van der Waals surface area contributed by atoms with Crippen LogP contribution in [0.2, 0.25) is 5.02 Å². The molecule has 3 rings (SSSR count). The normalized spacial score (nSPS) is 12.2. The second-order valence-corrected chi connectivity index (χ2v) is 6.79. The Hall–Kier alpha value is -3.19. The zero-order valence-electron chi connectivity index (χ0n) is 15.7. The molecular formula is C22H17ClF3NO3. The first-order valence-electron chi connectivity index (χ1n) is 8.89. The molecule has 0 unspecified atom stereocenters. The Morgan fingerprint density at radius 3 is 1.90 bits per heavy atom. The molecule has 0 aliphatic rings. The van der Waals surface area contributed by atoms with E-state index in [1.807, 2.05) is 0 Å². The van der Waals surface area contributed by atoms with Gasteiger partial charge in [-0.1, -0.05) is 11.6 Å². The highest BCUT2D eigenvalue weighted by molar-refractivity contribution is 6.30. The lowest BCUT2D eigenvalue weighted by molar-refractivity contribution is -0.137. The van der Waals surface area contributed by atoms with Crippen LogP contribution in [0.4, 0.5) is 18.9 Å². The van der Waals surface area contributed by atoms with Gasteiger partial charge in [0.15, 0.2) is 6.10 Å². The zero-order chi connectivity index (χ0) is 21.7. The van der Waals surface area contributed by atoms with Crippen LogP contribution in [0.5, 0.6) is 17.2 Å². The maximum absolute atomic E-state index is 12.6. The van der Waals surface area contributed by atoms with Gasteiger partial charge in [-0.15, -0.1) is 0 Å². The standard InChI is InChI=1S/C22H17ClF3NO3/c1-14(21(28)27-17-6-4-16(23)5-7-17)29-18-10-12-20(13-11-18)30-19-8-2-15(3-9-19)22(24,25)26/h2-14H,1H3,(H,27,28)/t14-/m1/s1. The third kappa shape index (κ3) is 5.90. The van der Waals surface area contributed by atoms with Crippen LogP contribution >= 0.6 is 11.6 Å². The first-order valence-corrected chi connectivity index (χ1v) is 9.27. The van der Waals surface area contributed by atoms with E-state index in [1.165, 1.54) is 12.1 Å². The molecule has 0 aliphatic carbocycles. The minimum atomic E-state index is -4.39. The highest BCUT2D eigenvalue weighted by Crippen LogP contribution is 2.31. The lowest BCUT2D eigenvalue weighted by atomic mass is 10.2. The molecule has 3 aromatic rings. The van der Waals surface area contributed by atoms with Gasteiger partial charge in [0, 0.05) is 10.7 Å². The number of hydrogen-bond donors (Lipinski definition) is 1. The molecule has 1 amide bonds. The first-order chi connectivity index (χ1) is 14.2. The third-order valence-corrected chi connectivity index (χ3v) is 4.29. The Morgan fingerprint density at radius 1 is 0.867 bits per heavy atom. The monoisotopic (exact) mass is 435 g/mol. The Bertz CT molecular complexity index is 988. The van der Waals surface area contributed by atoms with E-state index in [4.69, 9.17) is 21.1 Å². The van der Waals surface area contributed by atoms with Crippen molar-refractivity contribution in [1.82, 2.24) is 0 Å². The maximum Gasteiger partial charge on any atom is 0.416 e. The zero-order valence-corrected chi connectivity index (χ0v) is 16.5. The summed E-state index contributed by atoms with van der Waals surface area (Å²) in [5.41, 5.74) is -0.149. The fourth-order valence-corrected chi connectivity index (χ4v) is 2.60. The quantitative estimate of drug-likeness (QED) is 0.477. The van der Waals surface area contributed by atoms with Gasteiger partial charge < -0.3 is 14.8 Å². The van der Waals surface area contributed by atoms with E-state index in [0.29, 0.717) is 22.2 Å². The van der Waals surface area contributed by atoms with Gasteiger partial charge in [-0.2, -0.15) is 13.2 Å². The van der Waals surface area contributed by atoms with Gasteiger partial charge in [-0.05, 0) is 79.7 Å². The second-order valence-electron chi connectivity index (χ2n) is 6.35. The maximum atomic E-state index is 12.6. The summed E-state index contributed by atoms with van der Waals surface area (Å²) in [7, 11) is 0. The minimum absolute atomic E-state index is 0.271.